The summed E-state index contributed by atoms with van der Waals surface area (Å²) in [4.78, 5) is 12.1. The number of benzene rings is 1. The fraction of sp³-hybridized carbons (Fsp3) is 0.533. The lowest BCUT2D eigenvalue weighted by Gasteiger charge is -2.29. The molecule has 1 unspecified atom stereocenters. The van der Waals surface area contributed by atoms with E-state index in [4.69, 9.17) is 9.84 Å². The Morgan fingerprint density at radius 1 is 1.35 bits per heavy atom. The number of para-hydroxylation sites is 1. The quantitative estimate of drug-likeness (QED) is 0.748. The van der Waals surface area contributed by atoms with Gasteiger partial charge in [0.1, 0.15) is 0 Å². The van der Waals surface area contributed by atoms with Crippen LogP contribution in [0.2, 0.25) is 0 Å². The molecule has 5 nitrogen and oxygen atoms in total. The Morgan fingerprint density at radius 3 is 2.45 bits per heavy atom. The SMILES string of the molecule is COCC(C)(CCO)NC(=O)Nc1c(C)cccc1C. The van der Waals surface area contributed by atoms with Crippen LogP contribution in [0.25, 0.3) is 0 Å². The monoisotopic (exact) mass is 280 g/mol. The number of hydrogen-bond acceptors (Lipinski definition) is 3. The van der Waals surface area contributed by atoms with Gasteiger partial charge in [0.15, 0.2) is 0 Å². The van der Waals surface area contributed by atoms with Crippen LogP contribution in [-0.4, -0.2) is 37.0 Å². The molecule has 1 aromatic carbocycles. The lowest BCUT2D eigenvalue weighted by Crippen LogP contribution is -2.51. The molecule has 0 fully saturated rings. The molecule has 0 spiro atoms. The van der Waals surface area contributed by atoms with Crippen LogP contribution in [0.5, 0.6) is 0 Å². The summed E-state index contributed by atoms with van der Waals surface area (Å²) in [7, 11) is 1.57. The smallest absolute Gasteiger partial charge is 0.319 e. The molecule has 1 aromatic rings. The highest BCUT2D eigenvalue weighted by Crippen LogP contribution is 2.19. The number of urea groups is 1. The number of aryl methyl sites for hydroxylation is 2. The minimum atomic E-state index is -0.593. The van der Waals surface area contributed by atoms with E-state index < -0.39 is 5.54 Å². The first-order valence-corrected chi connectivity index (χ1v) is 6.67. The van der Waals surface area contributed by atoms with E-state index in [0.717, 1.165) is 16.8 Å². The van der Waals surface area contributed by atoms with Crippen LogP contribution in [0, 0.1) is 13.8 Å². The third kappa shape index (κ3) is 4.51. The van der Waals surface area contributed by atoms with Crippen molar-refractivity contribution < 1.29 is 14.6 Å². The number of amides is 2. The van der Waals surface area contributed by atoms with Crippen LogP contribution in [0.1, 0.15) is 24.5 Å². The van der Waals surface area contributed by atoms with E-state index in [1.807, 2.05) is 39.0 Å². The molecule has 3 N–H and O–H groups in total. The minimum Gasteiger partial charge on any atom is -0.396 e. The van der Waals surface area contributed by atoms with E-state index in [0.29, 0.717) is 13.0 Å². The van der Waals surface area contributed by atoms with Crippen LogP contribution in [0.3, 0.4) is 0 Å². The van der Waals surface area contributed by atoms with Gasteiger partial charge in [-0.25, -0.2) is 4.79 Å². The molecule has 0 heterocycles. The Morgan fingerprint density at radius 2 is 1.95 bits per heavy atom. The number of ether oxygens (including phenoxy) is 1. The fourth-order valence-corrected chi connectivity index (χ4v) is 2.17. The van der Waals surface area contributed by atoms with Crippen LogP contribution < -0.4 is 10.6 Å². The van der Waals surface area contributed by atoms with Gasteiger partial charge >= 0.3 is 6.03 Å². The Labute approximate surface area is 120 Å². The second-order valence-electron chi connectivity index (χ2n) is 5.31. The number of carbonyl (C=O) groups excluding carboxylic acids is 1. The van der Waals surface area contributed by atoms with E-state index in [1.54, 1.807) is 7.11 Å². The van der Waals surface area contributed by atoms with Crippen molar-refractivity contribution in [2.45, 2.75) is 32.7 Å². The van der Waals surface area contributed by atoms with Gasteiger partial charge in [0, 0.05) is 19.4 Å². The zero-order valence-electron chi connectivity index (χ0n) is 12.6. The Hall–Kier alpha value is -1.59. The molecule has 0 aliphatic rings. The molecule has 1 rings (SSSR count). The Bertz CT molecular complexity index is 434. The highest BCUT2D eigenvalue weighted by molar-refractivity contribution is 5.91. The average Bonchev–Trinajstić information content (AvgIpc) is 2.34. The summed E-state index contributed by atoms with van der Waals surface area (Å²) >= 11 is 0. The molecule has 0 saturated carbocycles. The Balaban J connectivity index is 2.76. The summed E-state index contributed by atoms with van der Waals surface area (Å²) in [5, 5.41) is 14.8. The van der Waals surface area contributed by atoms with E-state index in [9.17, 15) is 4.79 Å². The van der Waals surface area contributed by atoms with Gasteiger partial charge in [-0.05, 0) is 38.3 Å². The molecule has 5 heteroatoms. The second kappa shape index (κ2) is 7.26. The standard InChI is InChI=1S/C15H24N2O3/c1-11-6-5-7-12(2)13(11)16-14(19)17-15(3,8-9-18)10-20-4/h5-7,18H,8-10H2,1-4H3,(H2,16,17,19). The summed E-state index contributed by atoms with van der Waals surface area (Å²) in [5.41, 5.74) is 2.24. The van der Waals surface area contributed by atoms with Gasteiger partial charge in [-0.1, -0.05) is 18.2 Å². The van der Waals surface area contributed by atoms with Crippen molar-refractivity contribution in [1.29, 1.82) is 0 Å². The third-order valence-electron chi connectivity index (χ3n) is 3.26. The van der Waals surface area contributed by atoms with Crippen LogP contribution in [0.15, 0.2) is 18.2 Å². The Kier molecular flexibility index (Phi) is 5.98. The molecule has 0 bridgehead atoms. The number of methoxy groups -OCH3 is 1. The third-order valence-corrected chi connectivity index (χ3v) is 3.26. The summed E-state index contributed by atoms with van der Waals surface area (Å²) < 4.78 is 5.10. The summed E-state index contributed by atoms with van der Waals surface area (Å²) in [5.74, 6) is 0. The van der Waals surface area contributed by atoms with E-state index in [1.165, 1.54) is 0 Å². The van der Waals surface area contributed by atoms with Gasteiger partial charge in [0.25, 0.3) is 0 Å². The summed E-state index contributed by atoms with van der Waals surface area (Å²) in [6, 6.07) is 5.56. The zero-order chi connectivity index (χ0) is 15.2. The first-order chi connectivity index (χ1) is 9.41. The van der Waals surface area contributed by atoms with Crippen molar-refractivity contribution in [1.82, 2.24) is 5.32 Å². The first-order valence-electron chi connectivity index (χ1n) is 6.67. The topological polar surface area (TPSA) is 70.6 Å². The molecule has 0 aliphatic heterocycles. The van der Waals surface area contributed by atoms with Crippen LogP contribution >= 0.6 is 0 Å². The second-order valence-corrected chi connectivity index (χ2v) is 5.31. The number of rotatable bonds is 6. The maximum absolute atomic E-state index is 12.1. The van der Waals surface area contributed by atoms with Gasteiger partial charge in [0.2, 0.25) is 0 Å². The number of anilines is 1. The minimum absolute atomic E-state index is 0.0104. The van der Waals surface area contributed by atoms with Crippen molar-refractivity contribution in [3.05, 3.63) is 29.3 Å². The highest BCUT2D eigenvalue weighted by Gasteiger charge is 2.26. The zero-order valence-corrected chi connectivity index (χ0v) is 12.6. The van der Waals surface area contributed by atoms with Crippen molar-refractivity contribution in [3.63, 3.8) is 0 Å². The molecule has 112 valence electrons. The number of aliphatic hydroxyl groups is 1. The largest absolute Gasteiger partial charge is 0.396 e. The van der Waals surface area contributed by atoms with Crippen LogP contribution in [0.4, 0.5) is 10.5 Å². The van der Waals surface area contributed by atoms with Gasteiger partial charge in [-0.15, -0.1) is 0 Å². The molecule has 1 atom stereocenters. The van der Waals surface area contributed by atoms with Crippen molar-refractivity contribution in [2.75, 3.05) is 25.6 Å². The van der Waals surface area contributed by atoms with Gasteiger partial charge in [0.05, 0.1) is 12.1 Å². The van der Waals surface area contributed by atoms with Gasteiger partial charge in [-0.2, -0.15) is 0 Å². The number of carbonyl (C=O) groups is 1. The molecule has 0 aromatic heterocycles. The average molecular weight is 280 g/mol. The van der Waals surface area contributed by atoms with E-state index >= 15 is 0 Å². The number of aliphatic hydroxyl groups excluding tert-OH is 1. The number of hydrogen-bond donors (Lipinski definition) is 3. The molecule has 20 heavy (non-hydrogen) atoms. The van der Waals surface area contributed by atoms with Crippen molar-refractivity contribution >= 4 is 11.7 Å². The summed E-state index contributed by atoms with van der Waals surface area (Å²) in [6.45, 7) is 6.07. The lowest BCUT2D eigenvalue weighted by atomic mass is 10.00. The van der Waals surface area contributed by atoms with Gasteiger partial charge < -0.3 is 20.5 Å². The molecule has 0 saturated heterocycles. The molecule has 0 radical (unpaired) electrons. The maximum atomic E-state index is 12.1. The van der Waals surface area contributed by atoms with E-state index in [-0.39, 0.29) is 12.6 Å². The first kappa shape index (κ1) is 16.5. The summed E-state index contributed by atoms with van der Waals surface area (Å²) in [6.07, 6.45) is 0.432. The van der Waals surface area contributed by atoms with Crippen molar-refractivity contribution in [3.8, 4) is 0 Å². The molecular weight excluding hydrogens is 256 g/mol. The molecular formula is C15H24N2O3. The van der Waals surface area contributed by atoms with Crippen molar-refractivity contribution in [2.24, 2.45) is 0 Å². The predicted molar refractivity (Wildman–Crippen MR) is 80.1 cm³/mol. The number of nitrogens with one attached hydrogen (secondary N) is 2. The van der Waals surface area contributed by atoms with E-state index in [2.05, 4.69) is 10.6 Å². The predicted octanol–water partition coefficient (Wildman–Crippen LogP) is 2.21. The lowest BCUT2D eigenvalue weighted by molar-refractivity contribution is 0.104. The van der Waals surface area contributed by atoms with Gasteiger partial charge in [-0.3, -0.25) is 0 Å². The fourth-order valence-electron chi connectivity index (χ4n) is 2.17. The normalized spacial score (nSPS) is 13.7. The maximum Gasteiger partial charge on any atom is 0.319 e. The molecule has 2 amide bonds. The highest BCUT2D eigenvalue weighted by atomic mass is 16.5. The molecule has 0 aliphatic carbocycles. The van der Waals surface area contributed by atoms with Crippen LogP contribution in [-0.2, 0) is 4.74 Å².